The zero-order valence-electron chi connectivity index (χ0n) is 19.1. The van der Waals surface area contributed by atoms with Crippen molar-refractivity contribution in [3.63, 3.8) is 0 Å². The highest BCUT2D eigenvalue weighted by Gasteiger charge is 2.40. The van der Waals surface area contributed by atoms with E-state index in [1.165, 1.54) is 0 Å². The molecule has 0 aliphatic carbocycles. The van der Waals surface area contributed by atoms with Gasteiger partial charge in [-0.2, -0.15) is 0 Å². The molecular formula is C30H28N2O2. The zero-order chi connectivity index (χ0) is 23.6. The van der Waals surface area contributed by atoms with Crippen molar-refractivity contribution in [3.8, 4) is 5.88 Å². The predicted octanol–water partition coefficient (Wildman–Crippen LogP) is 6.01. The van der Waals surface area contributed by atoms with Crippen LogP contribution in [-0.4, -0.2) is 17.5 Å². The molecule has 0 spiro atoms. The van der Waals surface area contributed by atoms with Gasteiger partial charge >= 0.3 is 0 Å². The largest absolute Gasteiger partial charge is 0.473 e. The molecule has 34 heavy (non-hydrogen) atoms. The monoisotopic (exact) mass is 448 g/mol. The van der Waals surface area contributed by atoms with Gasteiger partial charge in [0, 0.05) is 6.07 Å². The van der Waals surface area contributed by atoms with Gasteiger partial charge in [-0.15, -0.1) is 0 Å². The quantitative estimate of drug-likeness (QED) is 0.302. The Morgan fingerprint density at radius 1 is 0.824 bits per heavy atom. The Morgan fingerprint density at radius 3 is 1.88 bits per heavy atom. The summed E-state index contributed by atoms with van der Waals surface area (Å²) >= 11 is 0. The summed E-state index contributed by atoms with van der Waals surface area (Å²) in [5, 5.41) is 3.13. The van der Waals surface area contributed by atoms with E-state index in [1.54, 1.807) is 18.3 Å². The fourth-order valence-corrected chi connectivity index (χ4v) is 4.14. The molecular weight excluding hydrogens is 420 g/mol. The lowest BCUT2D eigenvalue weighted by Crippen LogP contribution is -2.44. The Labute approximate surface area is 201 Å². The summed E-state index contributed by atoms with van der Waals surface area (Å²) in [6.45, 7) is 4.03. The van der Waals surface area contributed by atoms with E-state index in [9.17, 15) is 4.79 Å². The molecule has 4 nitrogen and oxygen atoms in total. The second kappa shape index (κ2) is 11.1. The fourth-order valence-electron chi connectivity index (χ4n) is 4.14. The van der Waals surface area contributed by atoms with Crippen molar-refractivity contribution >= 4 is 11.6 Å². The second-order valence-electron chi connectivity index (χ2n) is 8.21. The molecule has 4 heteroatoms. The molecule has 4 aromatic rings. The number of benzene rings is 3. The van der Waals surface area contributed by atoms with E-state index in [0.717, 1.165) is 16.7 Å². The number of anilines is 1. The molecule has 1 heterocycles. The number of ether oxygens (including phenoxy) is 1. The maximum absolute atomic E-state index is 14.1. The minimum atomic E-state index is -0.817. The van der Waals surface area contributed by atoms with Crippen LogP contribution in [0.4, 0.5) is 5.69 Å². The van der Waals surface area contributed by atoms with E-state index < -0.39 is 5.41 Å². The summed E-state index contributed by atoms with van der Waals surface area (Å²) in [6, 6.07) is 33.9. The van der Waals surface area contributed by atoms with Crippen molar-refractivity contribution < 1.29 is 9.53 Å². The van der Waals surface area contributed by atoms with Crippen molar-refractivity contribution in [2.75, 3.05) is 11.9 Å². The number of carbonyl (C=O) groups is 1. The Balaban J connectivity index is 1.73. The number of nitrogens with zero attached hydrogens (tertiary/aromatic N) is 1. The van der Waals surface area contributed by atoms with Gasteiger partial charge < -0.3 is 10.1 Å². The Morgan fingerprint density at radius 2 is 1.38 bits per heavy atom. The van der Waals surface area contributed by atoms with Crippen LogP contribution in [0.2, 0.25) is 0 Å². The van der Waals surface area contributed by atoms with Crippen molar-refractivity contribution in [1.82, 2.24) is 4.98 Å². The third-order valence-electron chi connectivity index (χ3n) is 5.80. The van der Waals surface area contributed by atoms with Crippen LogP contribution in [0.25, 0.3) is 0 Å². The maximum atomic E-state index is 14.1. The molecule has 0 bridgehead atoms. The van der Waals surface area contributed by atoms with Crippen LogP contribution in [0.1, 0.15) is 16.7 Å². The Kier molecular flexibility index (Phi) is 7.51. The standard InChI is InChI=1S/C30H28N2O2/c1-2-20-34-28-19-18-27(23-31-28)32-29(33)30(26-16-10-5-11-17-26,21-24-12-6-3-7-13-24)22-25-14-8-4-9-15-25/h2-19,23H,1,20-22H2,(H,32,33). The highest BCUT2D eigenvalue weighted by Crippen LogP contribution is 2.34. The molecule has 0 atom stereocenters. The molecule has 1 amide bonds. The van der Waals surface area contributed by atoms with Crippen molar-refractivity contribution in [2.45, 2.75) is 18.3 Å². The average Bonchev–Trinajstić information content (AvgIpc) is 2.89. The van der Waals surface area contributed by atoms with Crippen LogP contribution in [0.5, 0.6) is 5.88 Å². The number of nitrogens with one attached hydrogen (secondary N) is 1. The molecule has 1 N–H and O–H groups in total. The highest BCUT2D eigenvalue weighted by molar-refractivity contribution is 5.99. The first-order valence-corrected chi connectivity index (χ1v) is 11.3. The predicted molar refractivity (Wildman–Crippen MR) is 137 cm³/mol. The van der Waals surface area contributed by atoms with Gasteiger partial charge in [-0.25, -0.2) is 4.98 Å². The number of aromatic nitrogens is 1. The van der Waals surface area contributed by atoms with E-state index >= 15 is 0 Å². The summed E-state index contributed by atoms with van der Waals surface area (Å²) < 4.78 is 5.47. The Hall–Kier alpha value is -4.18. The third-order valence-corrected chi connectivity index (χ3v) is 5.80. The topological polar surface area (TPSA) is 51.2 Å². The lowest BCUT2D eigenvalue weighted by molar-refractivity contribution is -0.121. The van der Waals surface area contributed by atoms with Gasteiger partial charge in [-0.3, -0.25) is 4.79 Å². The van der Waals surface area contributed by atoms with Crippen LogP contribution < -0.4 is 10.1 Å². The molecule has 0 fully saturated rings. The zero-order valence-corrected chi connectivity index (χ0v) is 19.1. The van der Waals surface area contributed by atoms with Crippen LogP contribution in [0, 0.1) is 0 Å². The van der Waals surface area contributed by atoms with Gasteiger partial charge in [0.1, 0.15) is 6.61 Å². The Bertz CT molecular complexity index is 1150. The number of hydrogen-bond acceptors (Lipinski definition) is 3. The average molecular weight is 449 g/mol. The normalized spacial score (nSPS) is 10.9. The minimum absolute atomic E-state index is 0.0760. The SMILES string of the molecule is C=CCOc1ccc(NC(=O)C(Cc2ccccc2)(Cc2ccccc2)c2ccccc2)cn1. The molecule has 170 valence electrons. The van der Waals surface area contributed by atoms with E-state index in [0.29, 0.717) is 31.0 Å². The minimum Gasteiger partial charge on any atom is -0.473 e. The van der Waals surface area contributed by atoms with E-state index in [1.807, 2.05) is 72.8 Å². The van der Waals surface area contributed by atoms with Gasteiger partial charge in [0.15, 0.2) is 0 Å². The van der Waals surface area contributed by atoms with Crippen molar-refractivity contribution in [3.05, 3.63) is 139 Å². The highest BCUT2D eigenvalue weighted by atomic mass is 16.5. The summed E-state index contributed by atoms with van der Waals surface area (Å²) in [7, 11) is 0. The lowest BCUT2D eigenvalue weighted by Gasteiger charge is -2.34. The first-order chi connectivity index (χ1) is 16.7. The van der Waals surface area contributed by atoms with Crippen molar-refractivity contribution in [1.29, 1.82) is 0 Å². The second-order valence-corrected chi connectivity index (χ2v) is 8.21. The first-order valence-electron chi connectivity index (χ1n) is 11.3. The van der Waals surface area contributed by atoms with Crippen LogP contribution in [0.3, 0.4) is 0 Å². The molecule has 0 aliphatic heterocycles. The molecule has 0 saturated carbocycles. The smallest absolute Gasteiger partial charge is 0.235 e. The molecule has 0 radical (unpaired) electrons. The van der Waals surface area contributed by atoms with Gasteiger partial charge in [0.05, 0.1) is 17.3 Å². The maximum Gasteiger partial charge on any atom is 0.235 e. The molecule has 0 aliphatic rings. The molecule has 0 saturated heterocycles. The number of carbonyl (C=O) groups excluding carboxylic acids is 1. The van der Waals surface area contributed by atoms with E-state index in [2.05, 4.69) is 41.1 Å². The number of pyridine rings is 1. The van der Waals surface area contributed by atoms with E-state index in [-0.39, 0.29) is 5.91 Å². The van der Waals surface area contributed by atoms with Gasteiger partial charge in [-0.05, 0) is 35.6 Å². The summed E-state index contributed by atoms with van der Waals surface area (Å²) in [5.41, 5.74) is 2.98. The van der Waals surface area contributed by atoms with Gasteiger partial charge in [0.2, 0.25) is 11.8 Å². The van der Waals surface area contributed by atoms with Crippen molar-refractivity contribution in [2.24, 2.45) is 0 Å². The summed E-state index contributed by atoms with van der Waals surface area (Å²) in [6.07, 6.45) is 4.41. The van der Waals surface area contributed by atoms with Crippen LogP contribution >= 0.6 is 0 Å². The van der Waals surface area contributed by atoms with Gasteiger partial charge in [0.25, 0.3) is 0 Å². The molecule has 1 aromatic heterocycles. The van der Waals surface area contributed by atoms with Gasteiger partial charge in [-0.1, -0.05) is 104 Å². The number of rotatable bonds is 10. The first kappa shape index (κ1) is 23.0. The summed E-state index contributed by atoms with van der Waals surface area (Å²) in [5.74, 6) is 0.411. The van der Waals surface area contributed by atoms with Crippen LogP contribution in [-0.2, 0) is 23.1 Å². The van der Waals surface area contributed by atoms with Crippen LogP contribution in [0.15, 0.2) is 122 Å². The summed E-state index contributed by atoms with van der Waals surface area (Å²) in [4.78, 5) is 18.4. The molecule has 0 unspecified atom stereocenters. The fraction of sp³-hybridized carbons (Fsp3) is 0.133. The molecule has 3 aromatic carbocycles. The number of amides is 1. The molecule has 4 rings (SSSR count). The third kappa shape index (κ3) is 5.59. The van der Waals surface area contributed by atoms with E-state index in [4.69, 9.17) is 4.74 Å². The lowest BCUT2D eigenvalue weighted by atomic mass is 9.70. The number of hydrogen-bond donors (Lipinski definition) is 1.